The quantitative estimate of drug-likeness (QED) is 0.393. The number of fused-ring (bicyclic) bond motifs is 3. The van der Waals surface area contributed by atoms with Crippen molar-refractivity contribution in [1.29, 1.82) is 0 Å². The lowest BCUT2D eigenvalue weighted by molar-refractivity contribution is 0.523. The second-order valence-corrected chi connectivity index (χ2v) is 10.2. The van der Waals surface area contributed by atoms with Gasteiger partial charge in [-0.2, -0.15) is 0 Å². The summed E-state index contributed by atoms with van der Waals surface area (Å²) < 4.78 is 1.58. The van der Waals surface area contributed by atoms with E-state index >= 15 is 0 Å². The highest BCUT2D eigenvalue weighted by Crippen LogP contribution is 2.42. The average molecular weight is 424 g/mol. The van der Waals surface area contributed by atoms with Gasteiger partial charge in [-0.1, -0.05) is 20.8 Å². The zero-order valence-corrected chi connectivity index (χ0v) is 18.1. The molecule has 29 heavy (non-hydrogen) atoms. The van der Waals surface area contributed by atoms with Crippen LogP contribution in [0.1, 0.15) is 43.5 Å². The van der Waals surface area contributed by atoms with Crippen LogP contribution in [0.2, 0.25) is 0 Å². The molecule has 0 atom stereocenters. The number of aryl methyl sites for hydroxylation is 2. The van der Waals surface area contributed by atoms with E-state index in [-0.39, 0.29) is 5.41 Å². The van der Waals surface area contributed by atoms with Gasteiger partial charge in [0.1, 0.15) is 9.86 Å². The number of nitrogen functional groups attached to an aromatic ring is 1. The summed E-state index contributed by atoms with van der Waals surface area (Å²) >= 11 is 3.23. The van der Waals surface area contributed by atoms with E-state index in [4.69, 9.17) is 15.8 Å². The van der Waals surface area contributed by atoms with Gasteiger partial charge < -0.3 is 5.84 Å². The minimum Gasteiger partial charge on any atom is -0.336 e. The Morgan fingerprint density at radius 1 is 1.17 bits per heavy atom. The molecule has 148 valence electrons. The van der Waals surface area contributed by atoms with Crippen molar-refractivity contribution in [2.45, 2.75) is 55.6 Å². The molecule has 2 N–H and O–H groups in total. The van der Waals surface area contributed by atoms with Gasteiger partial charge in [0, 0.05) is 33.6 Å². The van der Waals surface area contributed by atoms with Crippen LogP contribution in [-0.2, 0) is 18.3 Å². The number of hydrogen-bond acceptors (Lipinski definition) is 8. The lowest BCUT2D eigenvalue weighted by Gasteiger charge is -2.16. The van der Waals surface area contributed by atoms with Crippen LogP contribution in [0.15, 0.2) is 34.7 Å². The minimum atomic E-state index is -0.188. The summed E-state index contributed by atoms with van der Waals surface area (Å²) in [7, 11) is 0. The number of pyridine rings is 1. The lowest BCUT2D eigenvalue weighted by Crippen LogP contribution is -2.24. The third-order valence-electron chi connectivity index (χ3n) is 4.97. The van der Waals surface area contributed by atoms with Gasteiger partial charge in [-0.15, -0.1) is 21.5 Å². The maximum Gasteiger partial charge on any atom is 0.216 e. The molecule has 0 bridgehead atoms. The first-order valence-corrected chi connectivity index (χ1v) is 11.2. The SMILES string of the molecule is CC(C)(C)c1nnc(Sc2nc(-c3cccnc3)nc3sc4c(c23)CCC4)n1N. The van der Waals surface area contributed by atoms with Crippen LogP contribution in [0.3, 0.4) is 0 Å². The molecule has 0 saturated carbocycles. The summed E-state index contributed by atoms with van der Waals surface area (Å²) in [6.45, 7) is 6.22. The standard InChI is InChI=1S/C20H21N7S2/c1-20(2,3)18-25-26-19(27(18)21)29-17-14-12-7-4-8-13(12)28-16(14)23-15(24-17)11-6-5-9-22-10-11/h5-6,9-10H,4,7-8,21H2,1-3H3. The number of nitrogens with two attached hydrogens (primary N) is 1. The summed E-state index contributed by atoms with van der Waals surface area (Å²) in [4.78, 5) is 16.4. The molecule has 7 nitrogen and oxygen atoms in total. The first kappa shape index (κ1) is 18.5. The summed E-state index contributed by atoms with van der Waals surface area (Å²) in [5, 5.41) is 11.3. The molecular weight excluding hydrogens is 402 g/mol. The van der Waals surface area contributed by atoms with Gasteiger partial charge in [0.15, 0.2) is 11.6 Å². The summed E-state index contributed by atoms with van der Waals surface area (Å²) in [6.07, 6.45) is 6.92. The smallest absolute Gasteiger partial charge is 0.216 e. The van der Waals surface area contributed by atoms with Crippen LogP contribution < -0.4 is 5.84 Å². The molecule has 0 saturated heterocycles. The number of aromatic nitrogens is 6. The predicted octanol–water partition coefficient (Wildman–Crippen LogP) is 4.00. The third-order valence-corrected chi connectivity index (χ3v) is 7.11. The molecule has 4 aromatic rings. The Bertz CT molecular complexity index is 1210. The van der Waals surface area contributed by atoms with Crippen LogP contribution in [0.4, 0.5) is 0 Å². The predicted molar refractivity (Wildman–Crippen MR) is 116 cm³/mol. The number of nitrogens with zero attached hydrogens (tertiary/aromatic N) is 6. The Hall–Kier alpha value is -2.52. The fraction of sp³-hybridized carbons (Fsp3) is 0.350. The molecule has 9 heteroatoms. The molecule has 0 aromatic carbocycles. The van der Waals surface area contributed by atoms with E-state index in [9.17, 15) is 0 Å². The maximum atomic E-state index is 6.34. The topological polar surface area (TPSA) is 95.4 Å². The average Bonchev–Trinajstić information content (AvgIpc) is 3.37. The summed E-state index contributed by atoms with van der Waals surface area (Å²) in [5.41, 5.74) is 2.09. The Morgan fingerprint density at radius 2 is 2.03 bits per heavy atom. The van der Waals surface area contributed by atoms with Crippen molar-refractivity contribution < 1.29 is 0 Å². The van der Waals surface area contributed by atoms with Gasteiger partial charge in [-0.3, -0.25) is 4.98 Å². The Kier molecular flexibility index (Phi) is 4.32. The molecule has 1 aliphatic carbocycles. The van der Waals surface area contributed by atoms with E-state index in [2.05, 4.69) is 36.0 Å². The molecular formula is C20H21N7S2. The van der Waals surface area contributed by atoms with Gasteiger partial charge in [0.05, 0.1) is 0 Å². The van der Waals surface area contributed by atoms with Crippen molar-refractivity contribution in [3.8, 4) is 11.4 Å². The van der Waals surface area contributed by atoms with Crippen molar-refractivity contribution in [3.05, 3.63) is 40.8 Å². The highest BCUT2D eigenvalue weighted by Gasteiger charge is 2.27. The Labute approximate surface area is 176 Å². The van der Waals surface area contributed by atoms with Crippen molar-refractivity contribution in [1.82, 2.24) is 29.8 Å². The Morgan fingerprint density at radius 3 is 2.76 bits per heavy atom. The largest absolute Gasteiger partial charge is 0.336 e. The molecule has 0 spiro atoms. The van der Waals surface area contributed by atoms with E-state index in [1.165, 1.54) is 28.6 Å². The van der Waals surface area contributed by atoms with Crippen LogP contribution in [0.25, 0.3) is 21.6 Å². The van der Waals surface area contributed by atoms with E-state index in [1.54, 1.807) is 28.4 Å². The molecule has 0 radical (unpaired) electrons. The monoisotopic (exact) mass is 423 g/mol. The van der Waals surface area contributed by atoms with Crippen LogP contribution in [0, 0.1) is 0 Å². The number of thiophene rings is 1. The first-order valence-electron chi connectivity index (χ1n) is 9.53. The fourth-order valence-electron chi connectivity index (χ4n) is 3.60. The van der Waals surface area contributed by atoms with Crippen LogP contribution >= 0.6 is 23.1 Å². The number of rotatable bonds is 3. The molecule has 1 aliphatic rings. The molecule has 0 fully saturated rings. The molecule has 0 aliphatic heterocycles. The zero-order chi connectivity index (χ0) is 20.2. The van der Waals surface area contributed by atoms with Gasteiger partial charge >= 0.3 is 0 Å². The first-order chi connectivity index (χ1) is 13.9. The second-order valence-electron chi connectivity index (χ2n) is 8.16. The molecule has 0 amide bonds. The summed E-state index contributed by atoms with van der Waals surface area (Å²) in [5.74, 6) is 7.76. The molecule has 4 heterocycles. The van der Waals surface area contributed by atoms with E-state index in [0.29, 0.717) is 11.0 Å². The minimum absolute atomic E-state index is 0.188. The van der Waals surface area contributed by atoms with E-state index in [0.717, 1.165) is 39.5 Å². The Balaban J connectivity index is 1.67. The van der Waals surface area contributed by atoms with Crippen molar-refractivity contribution in [3.63, 3.8) is 0 Å². The summed E-state index contributed by atoms with van der Waals surface area (Å²) in [6, 6.07) is 3.88. The van der Waals surface area contributed by atoms with Gasteiger partial charge in [0.2, 0.25) is 5.16 Å². The van der Waals surface area contributed by atoms with Crippen molar-refractivity contribution in [2.24, 2.45) is 0 Å². The van der Waals surface area contributed by atoms with E-state index < -0.39 is 0 Å². The van der Waals surface area contributed by atoms with Crippen LogP contribution in [0.5, 0.6) is 0 Å². The lowest BCUT2D eigenvalue weighted by atomic mass is 9.96. The van der Waals surface area contributed by atoms with Crippen LogP contribution in [-0.4, -0.2) is 29.8 Å². The third kappa shape index (κ3) is 3.18. The normalized spacial score (nSPS) is 13.9. The maximum absolute atomic E-state index is 6.34. The van der Waals surface area contributed by atoms with Gasteiger partial charge in [-0.25, -0.2) is 14.6 Å². The zero-order valence-electron chi connectivity index (χ0n) is 16.5. The van der Waals surface area contributed by atoms with Gasteiger partial charge in [-0.05, 0) is 48.7 Å². The highest BCUT2D eigenvalue weighted by atomic mass is 32.2. The van der Waals surface area contributed by atoms with Gasteiger partial charge in [0.25, 0.3) is 0 Å². The number of hydrogen-bond donors (Lipinski definition) is 1. The fourth-order valence-corrected chi connectivity index (χ4v) is 5.82. The van der Waals surface area contributed by atoms with E-state index in [1.807, 2.05) is 12.1 Å². The molecule has 4 aromatic heterocycles. The second kappa shape index (κ2) is 6.77. The van der Waals surface area contributed by atoms with Crippen molar-refractivity contribution in [2.75, 3.05) is 5.84 Å². The molecule has 0 unspecified atom stereocenters. The highest BCUT2D eigenvalue weighted by molar-refractivity contribution is 7.99. The van der Waals surface area contributed by atoms with Crippen molar-refractivity contribution >= 4 is 33.3 Å². The molecule has 5 rings (SSSR count).